The Labute approximate surface area is 152 Å². The number of hydrogen-bond acceptors (Lipinski definition) is 4. The van der Waals surface area contributed by atoms with Crippen LogP contribution in [0.1, 0.15) is 49.7 Å². The van der Waals surface area contributed by atoms with Crippen molar-refractivity contribution in [3.63, 3.8) is 0 Å². The van der Waals surface area contributed by atoms with E-state index in [0.717, 1.165) is 24.8 Å². The third kappa shape index (κ3) is 3.21. The molecule has 2 aliphatic carbocycles. The van der Waals surface area contributed by atoms with Gasteiger partial charge in [-0.25, -0.2) is 0 Å². The Balaban J connectivity index is 0.00000176. The van der Waals surface area contributed by atoms with E-state index in [2.05, 4.69) is 0 Å². The summed E-state index contributed by atoms with van der Waals surface area (Å²) in [7, 11) is 0. The molecule has 1 aromatic rings. The number of aliphatic carboxylic acids is 1. The van der Waals surface area contributed by atoms with E-state index in [0.29, 0.717) is 6.42 Å². The zero-order valence-electron chi connectivity index (χ0n) is 13.2. The fraction of sp³-hybridized carbons (Fsp3) is 0.588. The number of aryl methyl sites for hydroxylation is 1. The average molecular weight is 312 g/mol. The number of fused-ring (bicyclic) bond motifs is 3. The minimum Gasteiger partial charge on any atom is -0.550 e. The molecule has 0 spiro atoms. The van der Waals surface area contributed by atoms with Crippen molar-refractivity contribution in [1.82, 2.24) is 0 Å². The minimum absolute atomic E-state index is 0. The van der Waals surface area contributed by atoms with Gasteiger partial charge in [-0.05, 0) is 80.0 Å². The predicted molar refractivity (Wildman–Crippen MR) is 75.6 cm³/mol. The number of carbonyl (C=O) groups is 1. The van der Waals surface area contributed by atoms with Gasteiger partial charge in [0.2, 0.25) is 0 Å². The van der Waals surface area contributed by atoms with E-state index in [1.165, 1.54) is 5.56 Å². The van der Waals surface area contributed by atoms with Crippen LogP contribution < -0.4 is 34.7 Å². The van der Waals surface area contributed by atoms with Crippen molar-refractivity contribution < 1.29 is 49.7 Å². The number of aliphatic hydroxyl groups is 1. The van der Waals surface area contributed by atoms with Crippen molar-refractivity contribution in [2.24, 2.45) is 11.8 Å². The first-order valence-electron chi connectivity index (χ1n) is 7.62. The molecule has 4 nitrogen and oxygen atoms in total. The van der Waals surface area contributed by atoms with Gasteiger partial charge in [0.05, 0.1) is 5.60 Å². The molecule has 2 aliphatic rings. The number of carbonyl (C=O) groups excluding carboxylic acids is 1. The molecule has 2 N–H and O–H groups in total. The second kappa shape index (κ2) is 6.52. The zero-order valence-corrected chi connectivity index (χ0v) is 15.2. The van der Waals surface area contributed by atoms with E-state index < -0.39 is 11.6 Å². The van der Waals surface area contributed by atoms with Crippen LogP contribution in [0.5, 0.6) is 5.75 Å². The van der Waals surface area contributed by atoms with Crippen LogP contribution in [0.3, 0.4) is 0 Å². The van der Waals surface area contributed by atoms with Crippen LogP contribution in [0.25, 0.3) is 0 Å². The summed E-state index contributed by atoms with van der Waals surface area (Å²) in [6.45, 7) is 1.75. The van der Waals surface area contributed by atoms with E-state index in [4.69, 9.17) is 0 Å². The number of phenols is 1. The predicted octanol–water partition coefficient (Wildman–Crippen LogP) is -1.66. The smallest absolute Gasteiger partial charge is 0.550 e. The molecule has 0 heterocycles. The molecule has 0 amide bonds. The van der Waals surface area contributed by atoms with Gasteiger partial charge in [-0.1, -0.05) is 6.07 Å². The molecule has 0 bridgehead atoms. The molecule has 4 atom stereocenters. The molecule has 1 fully saturated rings. The first kappa shape index (κ1) is 17.8. The van der Waals surface area contributed by atoms with Gasteiger partial charge in [0.1, 0.15) is 5.75 Å². The zero-order chi connectivity index (χ0) is 15.2. The molecule has 114 valence electrons. The van der Waals surface area contributed by atoms with Gasteiger partial charge in [-0.2, -0.15) is 0 Å². The molecule has 1 aromatic carbocycles. The summed E-state index contributed by atoms with van der Waals surface area (Å²) >= 11 is 0. The maximum absolute atomic E-state index is 11.1. The number of benzene rings is 1. The minimum atomic E-state index is -1.09. The average Bonchev–Trinajstić information content (AvgIpc) is 2.40. The summed E-state index contributed by atoms with van der Waals surface area (Å²) in [5.74, 6) is -0.621. The third-order valence-corrected chi connectivity index (χ3v) is 5.45. The van der Waals surface area contributed by atoms with Crippen LogP contribution in [0, 0.1) is 11.8 Å². The van der Waals surface area contributed by atoms with Gasteiger partial charge in [0.25, 0.3) is 0 Å². The number of carboxylic acid groups (broad SMARTS) is 1. The molecule has 0 saturated heterocycles. The van der Waals surface area contributed by atoms with Crippen LogP contribution in [-0.4, -0.2) is 21.8 Å². The van der Waals surface area contributed by atoms with Crippen molar-refractivity contribution in [2.75, 3.05) is 0 Å². The van der Waals surface area contributed by atoms with Crippen LogP contribution in [0.2, 0.25) is 0 Å². The maximum Gasteiger partial charge on any atom is 1.00 e. The van der Waals surface area contributed by atoms with E-state index in [9.17, 15) is 20.1 Å². The number of rotatable bonds is 2. The van der Waals surface area contributed by atoms with E-state index >= 15 is 0 Å². The molecule has 3 rings (SSSR count). The van der Waals surface area contributed by atoms with Crippen molar-refractivity contribution >= 4 is 5.97 Å². The van der Waals surface area contributed by atoms with Crippen LogP contribution in [0.15, 0.2) is 18.2 Å². The third-order valence-electron chi connectivity index (χ3n) is 5.45. The van der Waals surface area contributed by atoms with Gasteiger partial charge in [0, 0.05) is 5.97 Å². The number of carboxylic acids is 1. The Morgan fingerprint density at radius 3 is 2.82 bits per heavy atom. The maximum atomic E-state index is 11.1. The SMILES string of the molecule is C[C@]1(O)CCC2c3ccc(O)cc3CCC2C1CC(=O)[O-].[Na+]. The topological polar surface area (TPSA) is 80.6 Å². The van der Waals surface area contributed by atoms with Gasteiger partial charge in [-0.3, -0.25) is 0 Å². The van der Waals surface area contributed by atoms with Gasteiger partial charge in [0.15, 0.2) is 0 Å². The summed E-state index contributed by atoms with van der Waals surface area (Å²) in [6, 6.07) is 5.46. The van der Waals surface area contributed by atoms with Gasteiger partial charge in [-0.15, -0.1) is 0 Å². The van der Waals surface area contributed by atoms with Crippen molar-refractivity contribution in [1.29, 1.82) is 0 Å². The molecule has 5 heteroatoms. The van der Waals surface area contributed by atoms with Crippen molar-refractivity contribution in [3.8, 4) is 5.75 Å². The van der Waals surface area contributed by atoms with E-state index in [1.54, 1.807) is 13.0 Å². The largest absolute Gasteiger partial charge is 1.00 e. The second-order valence-corrected chi connectivity index (χ2v) is 6.77. The Kier molecular flexibility index (Phi) is 5.27. The molecule has 0 aliphatic heterocycles. The molecular weight excluding hydrogens is 291 g/mol. The molecule has 0 aromatic heterocycles. The molecule has 0 radical (unpaired) electrons. The number of aromatic hydroxyl groups is 1. The van der Waals surface area contributed by atoms with Crippen molar-refractivity contribution in [3.05, 3.63) is 29.3 Å². The molecule has 1 saturated carbocycles. The van der Waals surface area contributed by atoms with Gasteiger partial charge >= 0.3 is 29.6 Å². The second-order valence-electron chi connectivity index (χ2n) is 6.77. The van der Waals surface area contributed by atoms with Crippen molar-refractivity contribution in [2.45, 2.75) is 50.5 Å². The molecule has 22 heavy (non-hydrogen) atoms. The quantitative estimate of drug-likeness (QED) is 0.641. The Hall–Kier alpha value is -0.550. The van der Waals surface area contributed by atoms with E-state index in [-0.39, 0.29) is 59.5 Å². The fourth-order valence-corrected chi connectivity index (χ4v) is 4.42. The summed E-state index contributed by atoms with van der Waals surface area (Å²) in [6.07, 6.45) is 3.06. The Bertz CT molecular complexity index is 570. The summed E-state index contributed by atoms with van der Waals surface area (Å²) in [5.41, 5.74) is 1.43. The summed E-state index contributed by atoms with van der Waals surface area (Å²) in [5, 5.41) is 31.3. The molecular formula is C17H21NaO4. The molecule has 3 unspecified atom stereocenters. The Morgan fingerprint density at radius 1 is 1.41 bits per heavy atom. The first-order valence-corrected chi connectivity index (χ1v) is 7.62. The van der Waals surface area contributed by atoms with Gasteiger partial charge < -0.3 is 20.1 Å². The monoisotopic (exact) mass is 312 g/mol. The standard InChI is InChI=1S/C17H22O4.Na/c1-17(21)7-6-13-12-5-3-11(18)8-10(12)2-4-14(13)15(17)9-16(19)20;/h3,5,8,13-15,18,21H,2,4,6-7,9H2,1H3,(H,19,20);/q;+1/p-1/t13?,14?,15?,17-;/m0./s1. The normalized spacial score (nSPS) is 33.3. The summed E-state index contributed by atoms with van der Waals surface area (Å²) < 4.78 is 0. The number of phenolic OH excluding ortho intramolecular Hbond substituents is 1. The van der Waals surface area contributed by atoms with E-state index in [1.807, 2.05) is 12.1 Å². The number of hydrogen-bond donors (Lipinski definition) is 2. The first-order chi connectivity index (χ1) is 9.88. The van der Waals surface area contributed by atoms with Crippen LogP contribution >= 0.6 is 0 Å². The summed E-state index contributed by atoms with van der Waals surface area (Å²) in [4.78, 5) is 11.1. The van der Waals surface area contributed by atoms with Crippen LogP contribution in [-0.2, 0) is 11.2 Å². The Morgan fingerprint density at radius 2 is 2.14 bits per heavy atom. The fourth-order valence-electron chi connectivity index (χ4n) is 4.42. The van der Waals surface area contributed by atoms with Crippen LogP contribution in [0.4, 0.5) is 0 Å².